The fourth-order valence-electron chi connectivity index (χ4n) is 2.84. The molecule has 1 aromatic heterocycles. The molecule has 1 saturated heterocycles. The lowest BCUT2D eigenvalue weighted by Crippen LogP contribution is -2.49. The van der Waals surface area contributed by atoms with Gasteiger partial charge in [0.15, 0.2) is 6.10 Å². The van der Waals surface area contributed by atoms with E-state index in [-0.39, 0.29) is 17.9 Å². The quantitative estimate of drug-likeness (QED) is 0.798. The summed E-state index contributed by atoms with van der Waals surface area (Å²) in [6.45, 7) is 3.73. The number of hydrogen-bond donors (Lipinski definition) is 0. The number of nitrogens with zero attached hydrogens (tertiary/aromatic N) is 3. The van der Waals surface area contributed by atoms with Gasteiger partial charge in [0, 0.05) is 25.8 Å². The van der Waals surface area contributed by atoms with E-state index in [2.05, 4.69) is 10.00 Å². The molecule has 0 saturated carbocycles. The van der Waals surface area contributed by atoms with E-state index in [0.717, 1.165) is 17.9 Å². The minimum Gasteiger partial charge on any atom is -0.467 e. The normalized spacial score (nSPS) is 21.6. The molecule has 6 nitrogen and oxygen atoms in total. The van der Waals surface area contributed by atoms with Crippen LogP contribution in [0.15, 0.2) is 36.5 Å². The van der Waals surface area contributed by atoms with Gasteiger partial charge in [-0.05, 0) is 37.3 Å². The Bertz CT molecular complexity index is 701. The molecule has 0 aliphatic carbocycles. The molecule has 0 N–H and O–H groups in total. The maximum atomic E-state index is 13.0. The van der Waals surface area contributed by atoms with Crippen LogP contribution in [-0.4, -0.2) is 53.1 Å². The van der Waals surface area contributed by atoms with Crippen molar-refractivity contribution in [3.05, 3.63) is 48.0 Å². The summed E-state index contributed by atoms with van der Waals surface area (Å²) in [5, 5.41) is 4.51. The standard InChI is InChI=1S/C17H20FN3O3/c1-12-9-20(11-16(24-12)17(22)23-2)10-14-7-8-21(19-14)15-5-3-13(18)4-6-15/h3-8,12,16H,9-11H2,1-2H3/t12-,16?/m1/s1. The number of benzene rings is 1. The zero-order valence-electron chi connectivity index (χ0n) is 13.7. The predicted octanol–water partition coefficient (Wildman–Crippen LogP) is 1.77. The second-order valence-electron chi connectivity index (χ2n) is 5.88. The summed E-state index contributed by atoms with van der Waals surface area (Å²) in [6.07, 6.45) is 1.21. The third-order valence-electron chi connectivity index (χ3n) is 3.92. The number of rotatable bonds is 4. The Balaban J connectivity index is 1.67. The molecule has 7 heteroatoms. The number of ether oxygens (including phenoxy) is 2. The molecule has 2 aromatic rings. The van der Waals surface area contributed by atoms with Crippen molar-refractivity contribution in [1.82, 2.24) is 14.7 Å². The first-order valence-electron chi connectivity index (χ1n) is 7.81. The third-order valence-corrected chi connectivity index (χ3v) is 3.92. The molecule has 3 rings (SSSR count). The van der Waals surface area contributed by atoms with Gasteiger partial charge >= 0.3 is 5.97 Å². The van der Waals surface area contributed by atoms with Gasteiger partial charge < -0.3 is 9.47 Å². The molecule has 2 atom stereocenters. The maximum absolute atomic E-state index is 13.0. The summed E-state index contributed by atoms with van der Waals surface area (Å²) in [4.78, 5) is 13.8. The first-order valence-corrected chi connectivity index (χ1v) is 7.81. The van der Waals surface area contributed by atoms with Crippen LogP contribution in [0.1, 0.15) is 12.6 Å². The Morgan fingerprint density at radius 3 is 2.79 bits per heavy atom. The van der Waals surface area contributed by atoms with Crippen LogP contribution in [0.2, 0.25) is 0 Å². The van der Waals surface area contributed by atoms with Gasteiger partial charge in [0.1, 0.15) is 5.82 Å². The van der Waals surface area contributed by atoms with Crippen LogP contribution in [0.3, 0.4) is 0 Å². The van der Waals surface area contributed by atoms with Gasteiger partial charge in [-0.15, -0.1) is 0 Å². The van der Waals surface area contributed by atoms with Crippen LogP contribution in [0.4, 0.5) is 4.39 Å². The highest BCUT2D eigenvalue weighted by atomic mass is 19.1. The minimum atomic E-state index is -0.571. The number of hydrogen-bond acceptors (Lipinski definition) is 5. The Morgan fingerprint density at radius 1 is 1.33 bits per heavy atom. The zero-order valence-corrected chi connectivity index (χ0v) is 13.7. The Morgan fingerprint density at radius 2 is 2.08 bits per heavy atom. The summed E-state index contributed by atoms with van der Waals surface area (Å²) >= 11 is 0. The summed E-state index contributed by atoms with van der Waals surface area (Å²) in [6, 6.07) is 8.08. The monoisotopic (exact) mass is 333 g/mol. The van der Waals surface area contributed by atoms with E-state index in [9.17, 15) is 9.18 Å². The average Bonchev–Trinajstić information content (AvgIpc) is 3.02. The van der Waals surface area contributed by atoms with Gasteiger partial charge in [-0.3, -0.25) is 4.90 Å². The van der Waals surface area contributed by atoms with E-state index >= 15 is 0 Å². The lowest BCUT2D eigenvalue weighted by Gasteiger charge is -2.34. The van der Waals surface area contributed by atoms with E-state index < -0.39 is 6.10 Å². The largest absolute Gasteiger partial charge is 0.467 e. The summed E-state index contributed by atoms with van der Waals surface area (Å²) in [7, 11) is 1.36. The molecule has 1 unspecified atom stereocenters. The van der Waals surface area contributed by atoms with E-state index in [1.165, 1.54) is 19.2 Å². The predicted molar refractivity (Wildman–Crippen MR) is 85.2 cm³/mol. The van der Waals surface area contributed by atoms with Crippen molar-refractivity contribution < 1.29 is 18.7 Å². The van der Waals surface area contributed by atoms with E-state index in [1.807, 2.05) is 19.2 Å². The first-order chi connectivity index (χ1) is 11.5. The van der Waals surface area contributed by atoms with Crippen LogP contribution >= 0.6 is 0 Å². The smallest absolute Gasteiger partial charge is 0.336 e. The third kappa shape index (κ3) is 3.80. The SMILES string of the molecule is COC(=O)C1CN(Cc2ccn(-c3ccc(F)cc3)n2)C[C@@H](C)O1. The van der Waals surface area contributed by atoms with Crippen LogP contribution in [0, 0.1) is 5.82 Å². The highest BCUT2D eigenvalue weighted by Gasteiger charge is 2.31. The number of carbonyl (C=O) groups is 1. The molecule has 1 aliphatic heterocycles. The van der Waals surface area contributed by atoms with Crippen molar-refractivity contribution >= 4 is 5.97 Å². The molecule has 1 fully saturated rings. The molecule has 0 spiro atoms. The maximum Gasteiger partial charge on any atom is 0.336 e. The fourth-order valence-corrected chi connectivity index (χ4v) is 2.84. The Kier molecular flexibility index (Phi) is 4.92. The van der Waals surface area contributed by atoms with Crippen molar-refractivity contribution in [3.63, 3.8) is 0 Å². The molecular formula is C17H20FN3O3. The van der Waals surface area contributed by atoms with Crippen LogP contribution in [0.25, 0.3) is 5.69 Å². The van der Waals surface area contributed by atoms with E-state index in [1.54, 1.807) is 16.8 Å². The molecule has 128 valence electrons. The van der Waals surface area contributed by atoms with Crippen molar-refractivity contribution in [1.29, 1.82) is 0 Å². The number of aromatic nitrogens is 2. The Hall–Kier alpha value is -2.25. The van der Waals surface area contributed by atoms with Crippen molar-refractivity contribution in [2.45, 2.75) is 25.7 Å². The Labute approximate surface area is 139 Å². The molecule has 1 aromatic carbocycles. The summed E-state index contributed by atoms with van der Waals surface area (Å²) in [5.41, 5.74) is 1.67. The average molecular weight is 333 g/mol. The number of carbonyl (C=O) groups excluding carboxylic acids is 1. The number of methoxy groups -OCH3 is 1. The van der Waals surface area contributed by atoms with Crippen molar-refractivity contribution in [2.24, 2.45) is 0 Å². The van der Waals surface area contributed by atoms with Crippen molar-refractivity contribution in [2.75, 3.05) is 20.2 Å². The van der Waals surface area contributed by atoms with Crippen LogP contribution in [0.5, 0.6) is 0 Å². The molecular weight excluding hydrogens is 313 g/mol. The van der Waals surface area contributed by atoms with Gasteiger partial charge in [-0.2, -0.15) is 5.10 Å². The van der Waals surface area contributed by atoms with Crippen molar-refractivity contribution in [3.8, 4) is 5.69 Å². The minimum absolute atomic E-state index is 0.0537. The van der Waals surface area contributed by atoms with Gasteiger partial charge in [0.25, 0.3) is 0 Å². The number of esters is 1. The van der Waals surface area contributed by atoms with E-state index in [4.69, 9.17) is 9.47 Å². The van der Waals surface area contributed by atoms with Crippen LogP contribution in [-0.2, 0) is 20.8 Å². The van der Waals surface area contributed by atoms with Crippen LogP contribution < -0.4 is 0 Å². The highest BCUT2D eigenvalue weighted by Crippen LogP contribution is 2.16. The van der Waals surface area contributed by atoms with Gasteiger partial charge in [-0.1, -0.05) is 0 Å². The zero-order chi connectivity index (χ0) is 17.1. The second kappa shape index (κ2) is 7.11. The lowest BCUT2D eigenvalue weighted by atomic mass is 10.2. The highest BCUT2D eigenvalue weighted by molar-refractivity contribution is 5.74. The van der Waals surface area contributed by atoms with Gasteiger partial charge in [-0.25, -0.2) is 13.9 Å². The van der Waals surface area contributed by atoms with Gasteiger partial charge in [0.2, 0.25) is 0 Å². The number of halogens is 1. The molecule has 0 radical (unpaired) electrons. The summed E-state index contributed by atoms with van der Waals surface area (Å²) < 4.78 is 25.1. The lowest BCUT2D eigenvalue weighted by molar-refractivity contribution is -0.166. The topological polar surface area (TPSA) is 56.6 Å². The molecule has 2 heterocycles. The second-order valence-corrected chi connectivity index (χ2v) is 5.88. The van der Waals surface area contributed by atoms with Gasteiger partial charge in [0.05, 0.1) is 24.6 Å². The summed E-state index contributed by atoms with van der Waals surface area (Å²) in [5.74, 6) is -0.634. The molecule has 1 aliphatic rings. The molecule has 24 heavy (non-hydrogen) atoms. The first kappa shape index (κ1) is 16.6. The molecule has 0 bridgehead atoms. The molecule has 0 amide bonds. The number of morpholine rings is 1. The fraction of sp³-hybridized carbons (Fsp3) is 0.412. The van der Waals surface area contributed by atoms with E-state index in [0.29, 0.717) is 13.1 Å².